The minimum Gasteiger partial charge on any atom is -0.493 e. The Morgan fingerprint density at radius 3 is 2.25 bits per heavy atom. The van der Waals surface area contributed by atoms with Crippen LogP contribution in [0.5, 0.6) is 17.2 Å². The molecule has 0 fully saturated rings. The highest BCUT2D eigenvalue weighted by Gasteiger charge is 2.14. The molecule has 4 nitrogen and oxygen atoms in total. The molecule has 0 saturated carbocycles. The molecule has 1 atom stereocenters. The van der Waals surface area contributed by atoms with Gasteiger partial charge in [-0.1, -0.05) is 6.07 Å². The molecule has 0 saturated heterocycles. The number of nitrogens with zero attached hydrogens (tertiary/aromatic N) is 1. The standard InChI is InChI=1S/C12H15NO3/c1-9(7-8-13)16-12-10(14-2)5-4-6-11(12)15-3/h4-6,9H,7H2,1-3H3. The zero-order valence-electron chi connectivity index (χ0n) is 9.69. The Kier molecular flexibility index (Phi) is 4.46. The molecular weight excluding hydrogens is 206 g/mol. The van der Waals surface area contributed by atoms with Crippen LogP contribution in [0.25, 0.3) is 0 Å². The molecule has 0 N–H and O–H groups in total. The Balaban J connectivity index is 2.95. The van der Waals surface area contributed by atoms with Crippen molar-refractivity contribution in [2.75, 3.05) is 14.2 Å². The van der Waals surface area contributed by atoms with E-state index in [9.17, 15) is 0 Å². The lowest BCUT2D eigenvalue weighted by molar-refractivity contribution is 0.206. The van der Waals surface area contributed by atoms with Gasteiger partial charge in [-0.2, -0.15) is 5.26 Å². The fourth-order valence-corrected chi connectivity index (χ4v) is 1.30. The molecule has 0 spiro atoms. The van der Waals surface area contributed by atoms with Gasteiger partial charge in [-0.15, -0.1) is 0 Å². The second-order valence-corrected chi connectivity index (χ2v) is 3.28. The van der Waals surface area contributed by atoms with E-state index in [1.165, 1.54) is 0 Å². The highest BCUT2D eigenvalue weighted by atomic mass is 16.5. The summed E-state index contributed by atoms with van der Waals surface area (Å²) in [4.78, 5) is 0. The first-order chi connectivity index (χ1) is 7.72. The van der Waals surface area contributed by atoms with Gasteiger partial charge in [0.1, 0.15) is 6.10 Å². The Bertz CT molecular complexity index is 362. The van der Waals surface area contributed by atoms with Crippen molar-refractivity contribution in [3.63, 3.8) is 0 Å². The van der Waals surface area contributed by atoms with E-state index in [0.717, 1.165) is 0 Å². The Hall–Kier alpha value is -1.89. The topological polar surface area (TPSA) is 51.5 Å². The third-order valence-corrected chi connectivity index (χ3v) is 2.08. The molecule has 1 unspecified atom stereocenters. The maximum Gasteiger partial charge on any atom is 0.203 e. The van der Waals surface area contributed by atoms with E-state index in [-0.39, 0.29) is 6.10 Å². The van der Waals surface area contributed by atoms with Gasteiger partial charge in [-0.25, -0.2) is 0 Å². The lowest BCUT2D eigenvalue weighted by Crippen LogP contribution is -2.12. The summed E-state index contributed by atoms with van der Waals surface area (Å²) in [6.07, 6.45) is 0.122. The van der Waals surface area contributed by atoms with Crippen LogP contribution in [0.4, 0.5) is 0 Å². The number of methoxy groups -OCH3 is 2. The Morgan fingerprint density at radius 1 is 1.25 bits per heavy atom. The van der Waals surface area contributed by atoms with Gasteiger partial charge in [0, 0.05) is 0 Å². The largest absolute Gasteiger partial charge is 0.493 e. The second kappa shape index (κ2) is 5.86. The van der Waals surface area contributed by atoms with Crippen LogP contribution in [-0.4, -0.2) is 20.3 Å². The lowest BCUT2D eigenvalue weighted by atomic mass is 10.2. The van der Waals surface area contributed by atoms with Crippen molar-refractivity contribution in [2.24, 2.45) is 0 Å². The van der Waals surface area contributed by atoms with Crippen molar-refractivity contribution in [2.45, 2.75) is 19.4 Å². The minimum absolute atomic E-state index is 0.199. The third kappa shape index (κ3) is 2.80. The van der Waals surface area contributed by atoms with Crippen molar-refractivity contribution >= 4 is 0 Å². The molecule has 0 bridgehead atoms. The highest BCUT2D eigenvalue weighted by Crippen LogP contribution is 2.37. The van der Waals surface area contributed by atoms with Crippen LogP contribution in [0.1, 0.15) is 13.3 Å². The molecule has 16 heavy (non-hydrogen) atoms. The maximum absolute atomic E-state index is 8.58. The number of rotatable bonds is 5. The van der Waals surface area contributed by atoms with E-state index >= 15 is 0 Å². The van der Waals surface area contributed by atoms with Gasteiger partial charge in [0.2, 0.25) is 5.75 Å². The van der Waals surface area contributed by atoms with E-state index in [0.29, 0.717) is 23.7 Å². The molecule has 0 heterocycles. The van der Waals surface area contributed by atoms with Gasteiger partial charge in [0.15, 0.2) is 11.5 Å². The first-order valence-electron chi connectivity index (χ1n) is 4.97. The number of benzene rings is 1. The summed E-state index contributed by atoms with van der Waals surface area (Å²) >= 11 is 0. The van der Waals surface area contributed by atoms with Gasteiger partial charge in [0.05, 0.1) is 26.7 Å². The summed E-state index contributed by atoms with van der Waals surface area (Å²) in [7, 11) is 3.13. The molecule has 1 aromatic carbocycles. The average Bonchev–Trinajstić information content (AvgIpc) is 2.29. The first-order valence-corrected chi connectivity index (χ1v) is 4.97. The highest BCUT2D eigenvalue weighted by molar-refractivity contribution is 5.51. The maximum atomic E-state index is 8.58. The van der Waals surface area contributed by atoms with Crippen molar-refractivity contribution in [1.82, 2.24) is 0 Å². The number of hydrogen-bond donors (Lipinski definition) is 0. The smallest absolute Gasteiger partial charge is 0.203 e. The molecule has 1 rings (SSSR count). The molecule has 0 aliphatic rings. The van der Waals surface area contributed by atoms with Gasteiger partial charge in [-0.3, -0.25) is 0 Å². The van der Waals surface area contributed by atoms with Crippen molar-refractivity contribution in [1.29, 1.82) is 5.26 Å². The van der Waals surface area contributed by atoms with E-state index in [4.69, 9.17) is 19.5 Å². The fourth-order valence-electron chi connectivity index (χ4n) is 1.30. The SMILES string of the molecule is COc1cccc(OC)c1OC(C)CC#N. The molecule has 86 valence electrons. The first kappa shape index (κ1) is 12.2. The lowest BCUT2D eigenvalue weighted by Gasteiger charge is -2.17. The van der Waals surface area contributed by atoms with Crippen LogP contribution < -0.4 is 14.2 Å². The van der Waals surface area contributed by atoms with E-state index in [2.05, 4.69) is 6.07 Å². The molecule has 0 aromatic heterocycles. The fraction of sp³-hybridized carbons (Fsp3) is 0.417. The molecule has 0 aliphatic carbocycles. The summed E-state index contributed by atoms with van der Waals surface area (Å²) in [5, 5.41) is 8.58. The molecular formula is C12H15NO3. The van der Waals surface area contributed by atoms with Crippen LogP contribution in [0.2, 0.25) is 0 Å². The Morgan fingerprint density at radius 2 is 1.81 bits per heavy atom. The summed E-state index contributed by atoms with van der Waals surface area (Å²) in [6.45, 7) is 1.83. The van der Waals surface area contributed by atoms with Gasteiger partial charge < -0.3 is 14.2 Å². The van der Waals surface area contributed by atoms with Crippen molar-refractivity contribution in [3.8, 4) is 23.3 Å². The molecule has 0 radical (unpaired) electrons. The molecule has 0 amide bonds. The molecule has 1 aromatic rings. The zero-order valence-corrected chi connectivity index (χ0v) is 9.69. The number of nitriles is 1. The Labute approximate surface area is 95.4 Å². The van der Waals surface area contributed by atoms with E-state index < -0.39 is 0 Å². The number of para-hydroxylation sites is 1. The second-order valence-electron chi connectivity index (χ2n) is 3.28. The molecule has 0 aliphatic heterocycles. The predicted octanol–water partition coefficient (Wildman–Crippen LogP) is 2.38. The van der Waals surface area contributed by atoms with Crippen LogP contribution in [0.3, 0.4) is 0 Å². The van der Waals surface area contributed by atoms with Gasteiger partial charge in [0.25, 0.3) is 0 Å². The van der Waals surface area contributed by atoms with Crippen LogP contribution >= 0.6 is 0 Å². The van der Waals surface area contributed by atoms with Crippen molar-refractivity contribution < 1.29 is 14.2 Å². The summed E-state index contributed by atoms with van der Waals surface area (Å²) in [5.41, 5.74) is 0. The van der Waals surface area contributed by atoms with E-state index in [1.807, 2.05) is 13.0 Å². The van der Waals surface area contributed by atoms with Gasteiger partial charge >= 0.3 is 0 Å². The predicted molar refractivity (Wildman–Crippen MR) is 59.9 cm³/mol. The van der Waals surface area contributed by atoms with Crippen LogP contribution in [0.15, 0.2) is 18.2 Å². The van der Waals surface area contributed by atoms with Crippen LogP contribution in [0, 0.1) is 11.3 Å². The normalized spacial score (nSPS) is 11.4. The zero-order chi connectivity index (χ0) is 12.0. The quantitative estimate of drug-likeness (QED) is 0.766. The third-order valence-electron chi connectivity index (χ3n) is 2.08. The van der Waals surface area contributed by atoms with Crippen molar-refractivity contribution in [3.05, 3.63) is 18.2 Å². The summed E-state index contributed by atoms with van der Waals surface area (Å²) in [5.74, 6) is 1.74. The van der Waals surface area contributed by atoms with E-state index in [1.54, 1.807) is 26.4 Å². The summed E-state index contributed by atoms with van der Waals surface area (Å²) < 4.78 is 16.0. The molecule has 4 heteroatoms. The average molecular weight is 221 g/mol. The summed E-state index contributed by atoms with van der Waals surface area (Å²) in [6, 6.07) is 7.45. The minimum atomic E-state index is -0.199. The monoisotopic (exact) mass is 221 g/mol. The number of ether oxygens (including phenoxy) is 3. The van der Waals surface area contributed by atoms with Crippen LogP contribution in [-0.2, 0) is 0 Å². The number of hydrogen-bond acceptors (Lipinski definition) is 4. The van der Waals surface area contributed by atoms with Gasteiger partial charge in [-0.05, 0) is 19.1 Å².